The van der Waals surface area contributed by atoms with E-state index in [1.807, 2.05) is 4.90 Å². The van der Waals surface area contributed by atoms with Crippen LogP contribution >= 0.6 is 0 Å². The second kappa shape index (κ2) is 11.5. The number of hydrogen-bond acceptors (Lipinski definition) is 6. The number of carbonyl (C=O) groups excluding carboxylic acids is 3. The number of nitrogens with zero attached hydrogens (tertiary/aromatic N) is 4. The zero-order chi connectivity index (χ0) is 26.5. The molecule has 1 aliphatic carbocycles. The van der Waals surface area contributed by atoms with Gasteiger partial charge < -0.3 is 9.80 Å². The van der Waals surface area contributed by atoms with Crippen LogP contribution in [0.2, 0.25) is 0 Å². The molecule has 1 saturated heterocycles. The van der Waals surface area contributed by atoms with Crippen molar-refractivity contribution in [3.05, 3.63) is 76.8 Å². The Morgan fingerprint density at radius 2 is 1.89 bits per heavy atom. The van der Waals surface area contributed by atoms with E-state index in [2.05, 4.69) is 9.97 Å². The van der Waals surface area contributed by atoms with Crippen LogP contribution in [0.15, 0.2) is 59.6 Å². The van der Waals surface area contributed by atoms with E-state index in [9.17, 15) is 23.2 Å². The largest absolute Gasteiger partial charge is 0.351 e. The van der Waals surface area contributed by atoms with E-state index in [1.54, 1.807) is 37.3 Å². The first-order chi connectivity index (χ1) is 17.7. The fraction of sp³-hybridized carbons (Fsp3) is 0.393. The minimum Gasteiger partial charge on any atom is -0.351 e. The van der Waals surface area contributed by atoms with Gasteiger partial charge in [0.2, 0.25) is 5.91 Å². The summed E-state index contributed by atoms with van der Waals surface area (Å²) in [5, 5.41) is 0. The first-order valence-corrected chi connectivity index (χ1v) is 12.4. The van der Waals surface area contributed by atoms with Crippen LogP contribution in [-0.4, -0.2) is 52.0 Å². The summed E-state index contributed by atoms with van der Waals surface area (Å²) in [5.41, 5.74) is 1.65. The van der Waals surface area contributed by atoms with Gasteiger partial charge in [0.1, 0.15) is 17.5 Å². The van der Waals surface area contributed by atoms with Crippen molar-refractivity contribution < 1.29 is 23.2 Å². The maximum Gasteiger partial charge on any atom is 0.222 e. The molecule has 0 atom stereocenters. The first kappa shape index (κ1) is 26.3. The molecule has 194 valence electrons. The van der Waals surface area contributed by atoms with Gasteiger partial charge in [0, 0.05) is 73.3 Å². The molecular weight excluding hydrogens is 478 g/mol. The van der Waals surface area contributed by atoms with Gasteiger partial charge in [-0.25, -0.2) is 13.8 Å². The maximum absolute atomic E-state index is 14.3. The van der Waals surface area contributed by atoms with Crippen molar-refractivity contribution >= 4 is 23.3 Å². The Balaban J connectivity index is 1.34. The van der Waals surface area contributed by atoms with Crippen LogP contribution in [0.4, 0.5) is 14.6 Å². The van der Waals surface area contributed by atoms with E-state index in [0.29, 0.717) is 47.7 Å². The van der Waals surface area contributed by atoms with Gasteiger partial charge >= 0.3 is 0 Å². The molecule has 9 heteroatoms. The smallest absolute Gasteiger partial charge is 0.222 e. The summed E-state index contributed by atoms with van der Waals surface area (Å²) in [6, 6.07) is 3.55. The van der Waals surface area contributed by atoms with Gasteiger partial charge in [0.05, 0.1) is 6.20 Å². The number of anilines is 1. The average Bonchev–Trinajstić information content (AvgIpc) is 2.89. The minimum absolute atomic E-state index is 0.0376. The Kier molecular flexibility index (Phi) is 8.21. The number of aromatic nitrogens is 2. The number of ketones is 2. The molecule has 2 aromatic rings. The fourth-order valence-corrected chi connectivity index (χ4v) is 4.89. The lowest BCUT2D eigenvalue weighted by Gasteiger charge is -2.35. The SMILES string of the molecule is CC1=CC(=O)C(CCC(=O)N2CCC(CN(Cc3ccc(F)cc3F)c3cnccn3)CC2)=C(C)C1=O. The average molecular weight is 509 g/mol. The highest BCUT2D eigenvalue weighted by molar-refractivity contribution is 6.22. The number of amides is 1. The third-order valence-corrected chi connectivity index (χ3v) is 7.08. The molecule has 2 heterocycles. The van der Waals surface area contributed by atoms with Crippen LogP contribution in [0.1, 0.15) is 45.1 Å². The maximum atomic E-state index is 14.3. The molecule has 0 saturated carbocycles. The summed E-state index contributed by atoms with van der Waals surface area (Å²) in [4.78, 5) is 49.6. The fourth-order valence-electron chi connectivity index (χ4n) is 4.89. The van der Waals surface area contributed by atoms with E-state index in [4.69, 9.17) is 0 Å². The minimum atomic E-state index is -0.623. The molecular formula is C28H30F2N4O3. The molecule has 1 fully saturated rings. The Bertz CT molecular complexity index is 1250. The lowest BCUT2D eigenvalue weighted by molar-refractivity contribution is -0.132. The highest BCUT2D eigenvalue weighted by atomic mass is 19.1. The zero-order valence-electron chi connectivity index (χ0n) is 21.0. The molecule has 0 radical (unpaired) electrons. The number of piperidine rings is 1. The van der Waals surface area contributed by atoms with Gasteiger partial charge in [-0.3, -0.25) is 19.4 Å². The molecule has 1 aromatic heterocycles. The number of benzene rings is 1. The normalized spacial score (nSPS) is 16.8. The summed E-state index contributed by atoms with van der Waals surface area (Å²) in [7, 11) is 0. The highest BCUT2D eigenvalue weighted by Crippen LogP contribution is 2.26. The Hall–Kier alpha value is -3.75. The Morgan fingerprint density at radius 1 is 1.14 bits per heavy atom. The Morgan fingerprint density at radius 3 is 2.57 bits per heavy atom. The quantitative estimate of drug-likeness (QED) is 0.497. The van der Waals surface area contributed by atoms with Gasteiger partial charge in [-0.05, 0) is 51.2 Å². The topological polar surface area (TPSA) is 83.5 Å². The number of halogens is 2. The summed E-state index contributed by atoms with van der Waals surface area (Å²) in [6.45, 7) is 5.23. The number of likely N-dealkylation sites (tertiary alicyclic amines) is 1. The highest BCUT2D eigenvalue weighted by Gasteiger charge is 2.27. The van der Waals surface area contributed by atoms with Crippen molar-refractivity contribution in [3.63, 3.8) is 0 Å². The lowest BCUT2D eigenvalue weighted by atomic mass is 9.88. The predicted molar refractivity (Wildman–Crippen MR) is 134 cm³/mol. The molecule has 0 spiro atoms. The molecule has 7 nitrogen and oxygen atoms in total. The molecule has 0 bridgehead atoms. The molecule has 0 N–H and O–H groups in total. The van der Waals surface area contributed by atoms with E-state index in [0.717, 1.165) is 18.9 Å². The zero-order valence-corrected chi connectivity index (χ0v) is 21.0. The van der Waals surface area contributed by atoms with Gasteiger partial charge in [-0.1, -0.05) is 6.07 Å². The molecule has 37 heavy (non-hydrogen) atoms. The molecule has 4 rings (SSSR count). The summed E-state index contributed by atoms with van der Waals surface area (Å²) in [6.07, 6.45) is 8.05. The van der Waals surface area contributed by atoms with Gasteiger partial charge in [-0.15, -0.1) is 0 Å². The van der Waals surface area contributed by atoms with E-state index in [-0.39, 0.29) is 42.8 Å². The molecule has 2 aliphatic rings. The van der Waals surface area contributed by atoms with Gasteiger partial charge in [0.15, 0.2) is 11.6 Å². The summed E-state index contributed by atoms with van der Waals surface area (Å²) < 4.78 is 27.7. The third kappa shape index (κ3) is 6.34. The number of carbonyl (C=O) groups is 3. The Labute approximate surface area is 214 Å². The summed E-state index contributed by atoms with van der Waals surface area (Å²) in [5.74, 6) is -0.761. The third-order valence-electron chi connectivity index (χ3n) is 7.08. The molecule has 1 aromatic carbocycles. The second-order valence-electron chi connectivity index (χ2n) is 9.63. The van der Waals surface area contributed by atoms with Crippen molar-refractivity contribution in [2.45, 2.75) is 46.1 Å². The standard InChI is InChI=1S/C28H30F2N4O3/c1-18-13-25(35)23(19(2)28(18)37)5-6-27(36)33-11-7-20(8-12-33)16-34(26-15-31-9-10-32-26)17-21-3-4-22(29)14-24(21)30/h3-4,9-10,13-15,20H,5-8,11-12,16-17H2,1-2H3. The molecule has 0 unspecified atom stereocenters. The van der Waals surface area contributed by atoms with E-state index in [1.165, 1.54) is 18.2 Å². The van der Waals surface area contributed by atoms with Crippen molar-refractivity contribution in [2.75, 3.05) is 24.5 Å². The van der Waals surface area contributed by atoms with E-state index < -0.39 is 11.6 Å². The van der Waals surface area contributed by atoms with Crippen molar-refractivity contribution in [1.82, 2.24) is 14.9 Å². The number of Topliss-reactive ketones (excluding diaryl/α,β-unsaturated/α-hetero) is 1. The van der Waals surface area contributed by atoms with E-state index >= 15 is 0 Å². The van der Waals surface area contributed by atoms with Crippen LogP contribution in [0.5, 0.6) is 0 Å². The second-order valence-corrected chi connectivity index (χ2v) is 9.63. The van der Waals surface area contributed by atoms with Crippen LogP contribution in [0.3, 0.4) is 0 Å². The summed E-state index contributed by atoms with van der Waals surface area (Å²) >= 11 is 0. The molecule has 1 amide bonds. The molecule has 1 aliphatic heterocycles. The predicted octanol–water partition coefficient (Wildman–Crippen LogP) is 4.19. The van der Waals surface area contributed by atoms with Crippen molar-refractivity contribution in [3.8, 4) is 0 Å². The van der Waals surface area contributed by atoms with Crippen LogP contribution in [0, 0.1) is 17.6 Å². The van der Waals surface area contributed by atoms with Gasteiger partial charge in [-0.2, -0.15) is 0 Å². The van der Waals surface area contributed by atoms with Crippen LogP contribution < -0.4 is 4.90 Å². The van der Waals surface area contributed by atoms with Crippen LogP contribution in [0.25, 0.3) is 0 Å². The van der Waals surface area contributed by atoms with Gasteiger partial charge in [0.25, 0.3) is 0 Å². The number of allylic oxidation sites excluding steroid dienone is 4. The van der Waals surface area contributed by atoms with Crippen molar-refractivity contribution in [2.24, 2.45) is 5.92 Å². The lowest BCUT2D eigenvalue weighted by Crippen LogP contribution is -2.41. The number of hydrogen-bond donors (Lipinski definition) is 0. The number of rotatable bonds is 8. The first-order valence-electron chi connectivity index (χ1n) is 12.4. The van der Waals surface area contributed by atoms with Crippen LogP contribution in [-0.2, 0) is 20.9 Å². The monoisotopic (exact) mass is 508 g/mol. The van der Waals surface area contributed by atoms with Crippen molar-refractivity contribution in [1.29, 1.82) is 0 Å².